The molecule has 0 aliphatic heterocycles. The maximum absolute atomic E-state index is 12.5. The number of carbonyl (C=O) groups is 2. The highest BCUT2D eigenvalue weighted by molar-refractivity contribution is 7.47. The standard InChI is InChI=1S/C41H74NO8P/c1-3-5-7-9-11-13-15-17-19-21-23-25-27-29-31-33-40(43)47-37-39(38-49-51(45,46)48-36-35-42)50-41(44)34-32-30-28-26-24-22-20-18-16-14-12-10-8-6-4-2/h10-13,17,19,23,25,39H,3-9,14-16,18,20-22,24,26-38,42H2,1-2H3,(H,45,46)/b12-10+,13-11+,19-17+,25-23+/t39-/m1/s1. The van der Waals surface area contributed by atoms with E-state index in [1.165, 1.54) is 77.0 Å². The van der Waals surface area contributed by atoms with Gasteiger partial charge in [-0.2, -0.15) is 0 Å². The largest absolute Gasteiger partial charge is 0.472 e. The number of carbonyl (C=O) groups excluding carboxylic acids is 2. The first kappa shape index (κ1) is 49.0. The van der Waals surface area contributed by atoms with E-state index in [0.717, 1.165) is 51.4 Å². The third kappa shape index (κ3) is 37.5. The molecule has 0 aromatic carbocycles. The number of nitrogens with two attached hydrogens (primary N) is 1. The molecule has 0 fully saturated rings. The summed E-state index contributed by atoms with van der Waals surface area (Å²) in [5.41, 5.74) is 5.33. The molecule has 296 valence electrons. The SMILES string of the molecule is CCCC/C=C/CCCCCCCCCCCC(=O)O[C@H](COC(=O)CCCC/C=C/C/C=C/C/C=C/CCCCC)COP(=O)(O)OCCN. The molecule has 9 nitrogen and oxygen atoms in total. The Morgan fingerprint density at radius 1 is 0.588 bits per heavy atom. The van der Waals surface area contributed by atoms with Gasteiger partial charge < -0.3 is 20.1 Å². The summed E-state index contributed by atoms with van der Waals surface area (Å²) in [6.07, 6.45) is 41.4. The van der Waals surface area contributed by atoms with Crippen LogP contribution in [0.1, 0.15) is 168 Å². The van der Waals surface area contributed by atoms with Crippen molar-refractivity contribution < 1.29 is 37.6 Å². The molecule has 0 aliphatic rings. The Bertz CT molecular complexity index is 981. The highest BCUT2D eigenvalue weighted by Crippen LogP contribution is 2.43. The topological polar surface area (TPSA) is 134 Å². The molecular formula is C41H74NO8P. The average molecular weight is 740 g/mol. The van der Waals surface area contributed by atoms with Crippen molar-refractivity contribution in [2.45, 2.75) is 174 Å². The first-order valence-electron chi connectivity index (χ1n) is 20.1. The highest BCUT2D eigenvalue weighted by atomic mass is 31.2. The Balaban J connectivity index is 4.27. The van der Waals surface area contributed by atoms with Gasteiger partial charge >= 0.3 is 19.8 Å². The van der Waals surface area contributed by atoms with Crippen molar-refractivity contribution in [1.82, 2.24) is 0 Å². The van der Waals surface area contributed by atoms with E-state index in [9.17, 15) is 19.0 Å². The maximum Gasteiger partial charge on any atom is 0.472 e. The predicted octanol–water partition coefficient (Wildman–Crippen LogP) is 11.2. The van der Waals surface area contributed by atoms with E-state index in [1.807, 2.05) is 0 Å². The summed E-state index contributed by atoms with van der Waals surface area (Å²) in [5, 5.41) is 0. The second kappa shape index (κ2) is 37.7. The van der Waals surface area contributed by atoms with Crippen molar-refractivity contribution in [2.24, 2.45) is 5.73 Å². The Morgan fingerprint density at radius 3 is 1.63 bits per heavy atom. The lowest BCUT2D eigenvalue weighted by Gasteiger charge is -2.19. The van der Waals surface area contributed by atoms with E-state index in [0.29, 0.717) is 12.8 Å². The fraction of sp³-hybridized carbons (Fsp3) is 0.756. The zero-order valence-corrected chi connectivity index (χ0v) is 33.2. The van der Waals surface area contributed by atoms with Crippen molar-refractivity contribution in [3.8, 4) is 0 Å². The summed E-state index contributed by atoms with van der Waals surface area (Å²) in [6, 6.07) is 0. The third-order valence-electron chi connectivity index (χ3n) is 8.19. The molecule has 0 heterocycles. The van der Waals surface area contributed by atoms with E-state index < -0.39 is 32.5 Å². The fourth-order valence-corrected chi connectivity index (χ4v) is 5.92. The van der Waals surface area contributed by atoms with Crippen molar-refractivity contribution in [3.63, 3.8) is 0 Å². The van der Waals surface area contributed by atoms with E-state index in [4.69, 9.17) is 24.3 Å². The van der Waals surface area contributed by atoms with Gasteiger partial charge in [0.1, 0.15) is 6.61 Å². The molecule has 51 heavy (non-hydrogen) atoms. The number of phosphoric ester groups is 1. The van der Waals surface area contributed by atoms with Gasteiger partial charge in [-0.15, -0.1) is 0 Å². The monoisotopic (exact) mass is 740 g/mol. The average Bonchev–Trinajstić information content (AvgIpc) is 3.11. The van der Waals surface area contributed by atoms with Gasteiger partial charge in [0.2, 0.25) is 0 Å². The van der Waals surface area contributed by atoms with Crippen LogP contribution in [0.25, 0.3) is 0 Å². The second-order valence-corrected chi connectivity index (χ2v) is 14.6. The minimum Gasteiger partial charge on any atom is -0.462 e. The molecular weight excluding hydrogens is 665 g/mol. The van der Waals surface area contributed by atoms with Gasteiger partial charge in [0, 0.05) is 19.4 Å². The first-order chi connectivity index (χ1) is 24.8. The van der Waals surface area contributed by atoms with Crippen LogP contribution in [0.15, 0.2) is 48.6 Å². The van der Waals surface area contributed by atoms with Crippen molar-refractivity contribution in [3.05, 3.63) is 48.6 Å². The normalized spacial score (nSPS) is 13.9. The lowest BCUT2D eigenvalue weighted by atomic mass is 10.1. The van der Waals surface area contributed by atoms with Gasteiger partial charge in [-0.05, 0) is 70.6 Å². The summed E-state index contributed by atoms with van der Waals surface area (Å²) in [7, 11) is -4.38. The van der Waals surface area contributed by atoms with E-state index in [2.05, 4.69) is 62.5 Å². The molecule has 0 spiro atoms. The van der Waals surface area contributed by atoms with Crippen LogP contribution in [0, 0.1) is 0 Å². The molecule has 0 rings (SSSR count). The molecule has 0 aliphatic carbocycles. The quantitative estimate of drug-likeness (QED) is 0.0276. The van der Waals surface area contributed by atoms with Gasteiger partial charge in [0.25, 0.3) is 0 Å². The van der Waals surface area contributed by atoms with Crippen LogP contribution in [0.2, 0.25) is 0 Å². The Hall–Kier alpha value is -2.03. The van der Waals surface area contributed by atoms with E-state index in [1.54, 1.807) is 0 Å². The summed E-state index contributed by atoms with van der Waals surface area (Å²) in [6.45, 7) is 3.61. The van der Waals surface area contributed by atoms with E-state index >= 15 is 0 Å². The number of ether oxygens (including phenoxy) is 2. The molecule has 2 atom stereocenters. The maximum atomic E-state index is 12.5. The van der Waals surface area contributed by atoms with Crippen molar-refractivity contribution in [2.75, 3.05) is 26.4 Å². The number of esters is 2. The number of hydrogen-bond acceptors (Lipinski definition) is 8. The van der Waals surface area contributed by atoms with Gasteiger partial charge in [-0.25, -0.2) is 4.57 Å². The summed E-state index contributed by atoms with van der Waals surface area (Å²) in [5.74, 6) is -0.879. The zero-order chi connectivity index (χ0) is 37.5. The number of rotatable bonds is 37. The molecule has 0 bridgehead atoms. The Kier molecular flexibility index (Phi) is 36.2. The molecule has 0 radical (unpaired) electrons. The number of phosphoric acid groups is 1. The summed E-state index contributed by atoms with van der Waals surface area (Å²) < 4.78 is 32.7. The molecule has 1 unspecified atom stereocenters. The Morgan fingerprint density at radius 2 is 1.04 bits per heavy atom. The first-order valence-corrected chi connectivity index (χ1v) is 21.6. The van der Waals surface area contributed by atoms with Gasteiger partial charge in [0.05, 0.1) is 13.2 Å². The molecule has 0 saturated carbocycles. The molecule has 10 heteroatoms. The molecule has 0 saturated heterocycles. The van der Waals surface area contributed by atoms with Crippen LogP contribution < -0.4 is 5.73 Å². The molecule has 3 N–H and O–H groups in total. The van der Waals surface area contributed by atoms with Gasteiger partial charge in [0.15, 0.2) is 6.10 Å². The van der Waals surface area contributed by atoms with E-state index in [-0.39, 0.29) is 32.6 Å². The second-order valence-electron chi connectivity index (χ2n) is 13.1. The number of allylic oxidation sites excluding steroid dienone is 8. The lowest BCUT2D eigenvalue weighted by molar-refractivity contribution is -0.161. The molecule has 0 amide bonds. The fourth-order valence-electron chi connectivity index (χ4n) is 5.15. The summed E-state index contributed by atoms with van der Waals surface area (Å²) >= 11 is 0. The van der Waals surface area contributed by atoms with Crippen LogP contribution in [0.5, 0.6) is 0 Å². The van der Waals surface area contributed by atoms with Gasteiger partial charge in [-0.3, -0.25) is 18.6 Å². The van der Waals surface area contributed by atoms with Crippen LogP contribution in [-0.4, -0.2) is 49.3 Å². The zero-order valence-electron chi connectivity index (χ0n) is 32.3. The van der Waals surface area contributed by atoms with Gasteiger partial charge in [-0.1, -0.05) is 133 Å². The van der Waals surface area contributed by atoms with Crippen LogP contribution in [0.3, 0.4) is 0 Å². The van der Waals surface area contributed by atoms with Crippen molar-refractivity contribution in [1.29, 1.82) is 0 Å². The minimum atomic E-state index is -4.38. The Labute approximate surface area is 311 Å². The van der Waals surface area contributed by atoms with Crippen LogP contribution in [-0.2, 0) is 32.7 Å². The van der Waals surface area contributed by atoms with Crippen molar-refractivity contribution >= 4 is 19.8 Å². The smallest absolute Gasteiger partial charge is 0.462 e. The number of hydrogen-bond donors (Lipinski definition) is 2. The third-order valence-corrected chi connectivity index (χ3v) is 9.17. The summed E-state index contributed by atoms with van der Waals surface area (Å²) in [4.78, 5) is 34.8. The van der Waals surface area contributed by atoms with Crippen LogP contribution >= 0.6 is 7.82 Å². The minimum absolute atomic E-state index is 0.0466. The molecule has 0 aromatic heterocycles. The lowest BCUT2D eigenvalue weighted by Crippen LogP contribution is -2.29. The highest BCUT2D eigenvalue weighted by Gasteiger charge is 2.25. The number of unbranched alkanes of at least 4 members (excludes halogenated alkanes) is 16. The molecule has 0 aromatic rings. The predicted molar refractivity (Wildman–Crippen MR) is 210 cm³/mol. The van der Waals surface area contributed by atoms with Crippen LogP contribution in [0.4, 0.5) is 0 Å².